The number of benzene rings is 2. The van der Waals surface area contributed by atoms with Crippen LogP contribution in [0.15, 0.2) is 54.6 Å². The number of nitrogens with one attached hydrogen (secondary N) is 1. The molecule has 2 aromatic carbocycles. The zero-order valence-electron chi connectivity index (χ0n) is 16.1. The van der Waals surface area contributed by atoms with Crippen LogP contribution in [0.25, 0.3) is 5.69 Å². The van der Waals surface area contributed by atoms with Crippen molar-refractivity contribution in [3.63, 3.8) is 0 Å². The summed E-state index contributed by atoms with van der Waals surface area (Å²) in [5.41, 5.74) is 4.83. The van der Waals surface area contributed by atoms with Crippen molar-refractivity contribution >= 4 is 5.82 Å². The van der Waals surface area contributed by atoms with Gasteiger partial charge in [0, 0.05) is 12.1 Å². The van der Waals surface area contributed by atoms with E-state index in [1.807, 2.05) is 30.3 Å². The van der Waals surface area contributed by atoms with Crippen molar-refractivity contribution < 1.29 is 4.74 Å². The Bertz CT molecular complexity index is 882. The molecule has 1 N–H and O–H groups in total. The van der Waals surface area contributed by atoms with Crippen molar-refractivity contribution in [1.29, 1.82) is 0 Å². The van der Waals surface area contributed by atoms with E-state index in [2.05, 4.69) is 48.1 Å². The zero-order valence-corrected chi connectivity index (χ0v) is 16.1. The van der Waals surface area contributed by atoms with Gasteiger partial charge in [-0.05, 0) is 55.0 Å². The van der Waals surface area contributed by atoms with Crippen molar-refractivity contribution in [2.75, 3.05) is 11.9 Å². The van der Waals surface area contributed by atoms with E-state index in [-0.39, 0.29) is 0 Å². The Balaban J connectivity index is 1.57. The van der Waals surface area contributed by atoms with Gasteiger partial charge in [-0.25, -0.2) is 4.68 Å². The molecule has 27 heavy (non-hydrogen) atoms. The van der Waals surface area contributed by atoms with Crippen LogP contribution in [-0.2, 0) is 13.0 Å². The summed E-state index contributed by atoms with van der Waals surface area (Å²) >= 11 is 0. The molecule has 3 aromatic rings. The average Bonchev–Trinajstić information content (AvgIpc) is 2.89. The molecule has 0 atom stereocenters. The number of nitrogens with zero attached hydrogens (tertiary/aromatic N) is 2. The second-order valence-electron chi connectivity index (χ2n) is 7.43. The van der Waals surface area contributed by atoms with Gasteiger partial charge < -0.3 is 10.1 Å². The second kappa shape index (κ2) is 7.87. The summed E-state index contributed by atoms with van der Waals surface area (Å²) in [5, 5.41) is 8.54. The molecule has 1 aliphatic rings. The molecular formula is C23H27N3O. The van der Waals surface area contributed by atoms with Crippen LogP contribution in [0.2, 0.25) is 0 Å². The molecule has 2 heterocycles. The van der Waals surface area contributed by atoms with Crippen molar-refractivity contribution in [3.8, 4) is 11.4 Å². The number of hydrogen-bond donors (Lipinski definition) is 1. The van der Waals surface area contributed by atoms with Gasteiger partial charge >= 0.3 is 0 Å². The third-order valence-electron chi connectivity index (χ3n) is 5.04. The van der Waals surface area contributed by atoms with Gasteiger partial charge in [-0.2, -0.15) is 5.10 Å². The molecule has 0 radical (unpaired) electrons. The van der Waals surface area contributed by atoms with Crippen LogP contribution >= 0.6 is 0 Å². The molecule has 0 bridgehead atoms. The van der Waals surface area contributed by atoms with Gasteiger partial charge in [0.25, 0.3) is 0 Å². The summed E-state index contributed by atoms with van der Waals surface area (Å²) in [6, 6.07) is 18.5. The van der Waals surface area contributed by atoms with Crippen LogP contribution in [0.4, 0.5) is 5.82 Å². The maximum atomic E-state index is 5.91. The third kappa shape index (κ3) is 3.85. The van der Waals surface area contributed by atoms with E-state index >= 15 is 0 Å². The van der Waals surface area contributed by atoms with Gasteiger partial charge in [-0.1, -0.05) is 44.2 Å². The third-order valence-corrected chi connectivity index (χ3v) is 5.04. The van der Waals surface area contributed by atoms with Crippen LogP contribution in [0, 0.1) is 0 Å². The Morgan fingerprint density at radius 2 is 1.81 bits per heavy atom. The highest BCUT2D eigenvalue weighted by atomic mass is 16.5. The summed E-state index contributed by atoms with van der Waals surface area (Å²) in [6.07, 6.45) is 3.53. The van der Waals surface area contributed by atoms with Gasteiger partial charge in [0.15, 0.2) is 0 Å². The molecule has 0 spiro atoms. The standard InChI is InChI=1S/C23H27N3O/c1-17(2)22-21-10-6-7-15-24-23(21)26(25-22)19-11-13-20(14-12-19)27-16-18-8-4-3-5-9-18/h3-5,8-9,11-14,17,24H,6-7,10,15-16H2,1-2H3. The number of rotatable bonds is 5. The highest BCUT2D eigenvalue weighted by Gasteiger charge is 2.22. The predicted octanol–water partition coefficient (Wildman–Crippen LogP) is 5.32. The van der Waals surface area contributed by atoms with Crippen LogP contribution in [-0.4, -0.2) is 16.3 Å². The molecular weight excluding hydrogens is 334 g/mol. The fourth-order valence-corrected chi connectivity index (χ4v) is 3.60. The van der Waals surface area contributed by atoms with E-state index in [9.17, 15) is 0 Å². The van der Waals surface area contributed by atoms with E-state index < -0.39 is 0 Å². The van der Waals surface area contributed by atoms with Crippen LogP contribution < -0.4 is 10.1 Å². The largest absolute Gasteiger partial charge is 0.489 e. The number of hydrogen-bond acceptors (Lipinski definition) is 3. The second-order valence-corrected chi connectivity index (χ2v) is 7.43. The number of ether oxygens (including phenoxy) is 1. The van der Waals surface area contributed by atoms with E-state index in [1.165, 1.54) is 29.7 Å². The van der Waals surface area contributed by atoms with Crippen molar-refractivity contribution in [2.24, 2.45) is 0 Å². The van der Waals surface area contributed by atoms with Crippen LogP contribution in [0.3, 0.4) is 0 Å². The van der Waals surface area contributed by atoms with E-state index in [0.29, 0.717) is 12.5 Å². The Morgan fingerprint density at radius 3 is 2.56 bits per heavy atom. The van der Waals surface area contributed by atoms with Gasteiger partial charge in [-0.3, -0.25) is 0 Å². The smallest absolute Gasteiger partial charge is 0.133 e. The lowest BCUT2D eigenvalue weighted by Crippen LogP contribution is -2.07. The minimum atomic E-state index is 0.424. The molecule has 4 rings (SSSR count). The van der Waals surface area contributed by atoms with Crippen molar-refractivity contribution in [2.45, 2.75) is 45.6 Å². The van der Waals surface area contributed by atoms with Gasteiger partial charge in [0.05, 0.1) is 11.4 Å². The Labute approximate surface area is 161 Å². The van der Waals surface area contributed by atoms with Crippen molar-refractivity contribution in [1.82, 2.24) is 9.78 Å². The first-order chi connectivity index (χ1) is 13.2. The molecule has 0 fully saturated rings. The molecule has 1 aliphatic heterocycles. The summed E-state index contributed by atoms with van der Waals surface area (Å²) in [6.45, 7) is 6.03. The monoisotopic (exact) mass is 361 g/mol. The minimum Gasteiger partial charge on any atom is -0.489 e. The van der Waals surface area contributed by atoms with E-state index in [4.69, 9.17) is 9.84 Å². The number of aromatic nitrogens is 2. The van der Waals surface area contributed by atoms with Crippen LogP contribution in [0.5, 0.6) is 5.75 Å². The van der Waals surface area contributed by atoms with Gasteiger partial charge in [-0.15, -0.1) is 0 Å². The first kappa shape index (κ1) is 17.7. The summed E-state index contributed by atoms with van der Waals surface area (Å²) in [7, 11) is 0. The quantitative estimate of drug-likeness (QED) is 0.668. The molecule has 140 valence electrons. The summed E-state index contributed by atoms with van der Waals surface area (Å²) < 4.78 is 7.98. The fourth-order valence-electron chi connectivity index (χ4n) is 3.60. The lowest BCUT2D eigenvalue weighted by molar-refractivity contribution is 0.306. The highest BCUT2D eigenvalue weighted by molar-refractivity contribution is 5.55. The Morgan fingerprint density at radius 1 is 1.04 bits per heavy atom. The summed E-state index contributed by atoms with van der Waals surface area (Å²) in [5.74, 6) is 2.46. The molecule has 0 amide bonds. The molecule has 1 aromatic heterocycles. The van der Waals surface area contributed by atoms with Gasteiger partial charge in [0.1, 0.15) is 18.2 Å². The summed E-state index contributed by atoms with van der Waals surface area (Å²) in [4.78, 5) is 0. The molecule has 4 heteroatoms. The molecule has 0 unspecified atom stereocenters. The minimum absolute atomic E-state index is 0.424. The number of fused-ring (bicyclic) bond motifs is 1. The van der Waals surface area contributed by atoms with E-state index in [0.717, 1.165) is 30.2 Å². The maximum absolute atomic E-state index is 5.91. The van der Waals surface area contributed by atoms with E-state index in [1.54, 1.807) is 0 Å². The zero-order chi connectivity index (χ0) is 18.6. The lowest BCUT2D eigenvalue weighted by atomic mass is 10.0. The molecule has 0 aliphatic carbocycles. The Kier molecular flexibility index (Phi) is 5.14. The molecule has 0 saturated heterocycles. The molecule has 0 saturated carbocycles. The topological polar surface area (TPSA) is 39.1 Å². The average molecular weight is 361 g/mol. The van der Waals surface area contributed by atoms with Crippen LogP contribution in [0.1, 0.15) is 49.4 Å². The normalized spacial score (nSPS) is 13.7. The molecule has 4 nitrogen and oxygen atoms in total. The first-order valence-electron chi connectivity index (χ1n) is 9.85. The van der Waals surface area contributed by atoms with Gasteiger partial charge in [0.2, 0.25) is 0 Å². The SMILES string of the molecule is CC(C)c1nn(-c2ccc(OCc3ccccc3)cc2)c2c1CCCCN2. The first-order valence-corrected chi connectivity index (χ1v) is 9.85. The lowest BCUT2D eigenvalue weighted by Gasteiger charge is -2.11. The predicted molar refractivity (Wildman–Crippen MR) is 110 cm³/mol. The Hall–Kier alpha value is -2.75. The van der Waals surface area contributed by atoms with Crippen molar-refractivity contribution in [3.05, 3.63) is 71.4 Å². The highest BCUT2D eigenvalue weighted by Crippen LogP contribution is 2.32. The maximum Gasteiger partial charge on any atom is 0.133 e. The fraction of sp³-hybridized carbons (Fsp3) is 0.348. The number of anilines is 1.